The number of hydrogen-bond donors (Lipinski definition) is 2. The van der Waals surface area contributed by atoms with Crippen LogP contribution in [0.1, 0.15) is 44.1 Å². The van der Waals surface area contributed by atoms with Crippen LogP contribution >= 0.6 is 24.0 Å². The fourth-order valence-electron chi connectivity index (χ4n) is 4.07. The van der Waals surface area contributed by atoms with Crippen LogP contribution in [0, 0.1) is 5.92 Å². The number of rotatable bonds is 7. The summed E-state index contributed by atoms with van der Waals surface area (Å²) in [6, 6.07) is 8.63. The Morgan fingerprint density at radius 1 is 1.15 bits per heavy atom. The van der Waals surface area contributed by atoms with Crippen LogP contribution in [0.2, 0.25) is 0 Å². The number of para-hydroxylation sites is 1. The van der Waals surface area contributed by atoms with Crippen LogP contribution in [0.15, 0.2) is 29.3 Å². The van der Waals surface area contributed by atoms with E-state index in [-0.39, 0.29) is 24.0 Å². The molecule has 1 saturated carbocycles. The predicted molar refractivity (Wildman–Crippen MR) is 124 cm³/mol. The van der Waals surface area contributed by atoms with Crippen LogP contribution in [0.5, 0.6) is 0 Å². The van der Waals surface area contributed by atoms with Crippen LogP contribution in [-0.2, 0) is 11.3 Å². The van der Waals surface area contributed by atoms with E-state index in [9.17, 15) is 0 Å². The highest BCUT2D eigenvalue weighted by atomic mass is 127. The van der Waals surface area contributed by atoms with Crippen LogP contribution < -0.4 is 15.5 Å². The van der Waals surface area contributed by atoms with Crippen molar-refractivity contribution < 1.29 is 4.74 Å². The van der Waals surface area contributed by atoms with Crippen LogP contribution in [-0.4, -0.2) is 45.9 Å². The second-order valence-corrected chi connectivity index (χ2v) is 7.37. The molecule has 1 aromatic carbocycles. The first-order valence-electron chi connectivity index (χ1n) is 10.2. The van der Waals surface area contributed by atoms with Crippen molar-refractivity contribution in [1.29, 1.82) is 0 Å². The van der Waals surface area contributed by atoms with E-state index >= 15 is 0 Å². The maximum atomic E-state index is 5.48. The molecule has 1 heterocycles. The minimum absolute atomic E-state index is 0. The van der Waals surface area contributed by atoms with Gasteiger partial charge < -0.3 is 20.3 Å². The zero-order chi connectivity index (χ0) is 18.0. The standard InChI is InChI=1S/C21H34N4O.HI/c1-22-21(23-12-6-9-18-7-2-3-8-18)24-17-19-10-4-5-11-20(19)25-13-15-26-16-14-25;/h4-5,10-11,18H,2-3,6-9,12-17H2,1H3,(H2,22,23,24);1H. The Hall–Kier alpha value is -1.02. The third kappa shape index (κ3) is 7.14. The first-order chi connectivity index (χ1) is 12.9. The summed E-state index contributed by atoms with van der Waals surface area (Å²) in [5.74, 6) is 1.86. The molecule has 152 valence electrons. The maximum Gasteiger partial charge on any atom is 0.191 e. The minimum Gasteiger partial charge on any atom is -0.378 e. The van der Waals surface area contributed by atoms with E-state index < -0.39 is 0 Å². The van der Waals surface area contributed by atoms with Gasteiger partial charge in [0, 0.05) is 38.9 Å². The van der Waals surface area contributed by atoms with Gasteiger partial charge >= 0.3 is 0 Å². The van der Waals surface area contributed by atoms with Gasteiger partial charge in [0.1, 0.15) is 0 Å². The summed E-state index contributed by atoms with van der Waals surface area (Å²) >= 11 is 0. The fourth-order valence-corrected chi connectivity index (χ4v) is 4.07. The molecule has 1 aromatic rings. The van der Waals surface area contributed by atoms with Crippen molar-refractivity contribution in [3.8, 4) is 0 Å². The summed E-state index contributed by atoms with van der Waals surface area (Å²) in [6.07, 6.45) is 8.32. The Kier molecular flexibility index (Phi) is 10.3. The number of anilines is 1. The first kappa shape index (κ1) is 22.3. The van der Waals surface area contributed by atoms with Gasteiger partial charge in [0.2, 0.25) is 0 Å². The Labute approximate surface area is 181 Å². The molecule has 3 rings (SSSR count). The lowest BCUT2D eigenvalue weighted by atomic mass is 10.0. The van der Waals surface area contributed by atoms with Gasteiger partial charge in [0.15, 0.2) is 5.96 Å². The van der Waals surface area contributed by atoms with Gasteiger partial charge in [-0.05, 0) is 30.4 Å². The second kappa shape index (κ2) is 12.4. The monoisotopic (exact) mass is 486 g/mol. The van der Waals surface area contributed by atoms with E-state index in [0.29, 0.717) is 0 Å². The third-order valence-electron chi connectivity index (χ3n) is 5.57. The number of ether oxygens (including phenoxy) is 1. The molecule has 1 aliphatic carbocycles. The Balaban J connectivity index is 0.00000261. The van der Waals surface area contributed by atoms with Crippen molar-refractivity contribution in [3.63, 3.8) is 0 Å². The van der Waals surface area contributed by atoms with Crippen molar-refractivity contribution in [3.05, 3.63) is 29.8 Å². The highest BCUT2D eigenvalue weighted by molar-refractivity contribution is 14.0. The number of aliphatic imine (C=N–C) groups is 1. The molecule has 2 N–H and O–H groups in total. The second-order valence-electron chi connectivity index (χ2n) is 7.37. The maximum absolute atomic E-state index is 5.48. The molecule has 27 heavy (non-hydrogen) atoms. The van der Waals surface area contributed by atoms with Gasteiger partial charge in [-0.25, -0.2) is 0 Å². The average Bonchev–Trinajstić information content (AvgIpc) is 3.22. The topological polar surface area (TPSA) is 48.9 Å². The zero-order valence-corrected chi connectivity index (χ0v) is 18.9. The number of hydrogen-bond acceptors (Lipinski definition) is 3. The number of halogens is 1. The highest BCUT2D eigenvalue weighted by Gasteiger charge is 2.15. The lowest BCUT2D eigenvalue weighted by Crippen LogP contribution is -2.39. The van der Waals surface area contributed by atoms with Gasteiger partial charge in [-0.15, -0.1) is 24.0 Å². The van der Waals surface area contributed by atoms with Gasteiger partial charge in [-0.1, -0.05) is 43.9 Å². The molecular formula is C21H35IN4O. The van der Waals surface area contributed by atoms with Crippen LogP contribution in [0.25, 0.3) is 0 Å². The van der Waals surface area contributed by atoms with Crippen molar-refractivity contribution in [2.45, 2.75) is 45.1 Å². The van der Waals surface area contributed by atoms with E-state index in [1.165, 1.54) is 49.8 Å². The number of benzene rings is 1. The summed E-state index contributed by atoms with van der Waals surface area (Å²) in [7, 11) is 1.85. The molecule has 0 atom stereocenters. The molecule has 2 fully saturated rings. The molecule has 0 radical (unpaired) electrons. The summed E-state index contributed by atoms with van der Waals surface area (Å²) in [5, 5.41) is 6.94. The largest absolute Gasteiger partial charge is 0.378 e. The lowest BCUT2D eigenvalue weighted by molar-refractivity contribution is 0.122. The Bertz CT molecular complexity index is 569. The minimum atomic E-state index is 0. The molecule has 0 amide bonds. The fraction of sp³-hybridized carbons (Fsp3) is 0.667. The van der Waals surface area contributed by atoms with Crippen molar-refractivity contribution in [1.82, 2.24) is 10.6 Å². The number of nitrogens with zero attached hydrogens (tertiary/aromatic N) is 2. The third-order valence-corrected chi connectivity index (χ3v) is 5.57. The van der Waals surface area contributed by atoms with E-state index in [4.69, 9.17) is 4.74 Å². The van der Waals surface area contributed by atoms with Gasteiger partial charge in [-0.2, -0.15) is 0 Å². The average molecular weight is 486 g/mol. The molecule has 2 aliphatic rings. The summed E-state index contributed by atoms with van der Waals surface area (Å²) in [5.41, 5.74) is 2.61. The number of nitrogens with one attached hydrogen (secondary N) is 2. The molecule has 0 unspecified atom stereocenters. The van der Waals surface area contributed by atoms with E-state index in [0.717, 1.165) is 51.3 Å². The van der Waals surface area contributed by atoms with Crippen LogP contribution in [0.4, 0.5) is 5.69 Å². The normalized spacial score (nSPS) is 18.3. The summed E-state index contributed by atoms with van der Waals surface area (Å²) < 4.78 is 5.48. The van der Waals surface area contributed by atoms with Crippen LogP contribution in [0.3, 0.4) is 0 Å². The van der Waals surface area contributed by atoms with Crippen molar-refractivity contribution >= 4 is 35.6 Å². The van der Waals surface area contributed by atoms with E-state index in [1.807, 2.05) is 7.05 Å². The molecule has 1 saturated heterocycles. The van der Waals surface area contributed by atoms with Gasteiger partial charge in [0.05, 0.1) is 13.2 Å². The Morgan fingerprint density at radius 2 is 1.89 bits per heavy atom. The number of morpholine rings is 1. The van der Waals surface area contributed by atoms with Gasteiger partial charge in [0.25, 0.3) is 0 Å². The first-order valence-corrected chi connectivity index (χ1v) is 10.2. The molecular weight excluding hydrogens is 451 g/mol. The SMILES string of the molecule is CN=C(NCCCC1CCCC1)NCc1ccccc1N1CCOCC1.I. The summed E-state index contributed by atoms with van der Waals surface area (Å²) in [4.78, 5) is 6.79. The molecule has 1 aliphatic heterocycles. The molecule has 5 nitrogen and oxygen atoms in total. The number of guanidine groups is 1. The molecule has 0 spiro atoms. The van der Waals surface area contributed by atoms with E-state index in [2.05, 4.69) is 44.8 Å². The lowest BCUT2D eigenvalue weighted by Gasteiger charge is -2.30. The molecule has 0 aromatic heterocycles. The molecule has 6 heteroatoms. The summed E-state index contributed by atoms with van der Waals surface area (Å²) in [6.45, 7) is 5.34. The Morgan fingerprint density at radius 3 is 2.63 bits per heavy atom. The smallest absolute Gasteiger partial charge is 0.191 e. The quantitative estimate of drug-likeness (QED) is 0.267. The van der Waals surface area contributed by atoms with Gasteiger partial charge in [-0.3, -0.25) is 4.99 Å². The zero-order valence-electron chi connectivity index (χ0n) is 16.6. The predicted octanol–water partition coefficient (Wildman–Crippen LogP) is 3.78. The molecule has 0 bridgehead atoms. The highest BCUT2D eigenvalue weighted by Crippen LogP contribution is 2.28. The van der Waals surface area contributed by atoms with Crippen molar-refractivity contribution in [2.75, 3.05) is 44.8 Å². The van der Waals surface area contributed by atoms with Crippen molar-refractivity contribution in [2.24, 2.45) is 10.9 Å². The van der Waals surface area contributed by atoms with E-state index in [1.54, 1.807) is 0 Å².